The fourth-order valence-corrected chi connectivity index (χ4v) is 3.36. The molecule has 0 bridgehead atoms. The number of aromatic amines is 1. The molecule has 1 fully saturated rings. The van der Waals surface area contributed by atoms with Gasteiger partial charge in [0.2, 0.25) is 0 Å². The zero-order valence-corrected chi connectivity index (χ0v) is 13.9. The lowest BCUT2D eigenvalue weighted by Gasteiger charge is -2.16. The van der Waals surface area contributed by atoms with Gasteiger partial charge < -0.3 is 15.6 Å². The molecule has 1 aliphatic carbocycles. The molecule has 0 unspecified atom stereocenters. The molecular weight excluding hydrogens is 302 g/mol. The maximum Gasteiger partial charge on any atom is 0.267 e. The van der Waals surface area contributed by atoms with Crippen LogP contribution in [0.25, 0.3) is 10.8 Å². The average Bonchev–Trinajstić information content (AvgIpc) is 2.87. The molecule has 5 nitrogen and oxygen atoms in total. The molecule has 0 spiro atoms. The number of benzene rings is 1. The van der Waals surface area contributed by atoms with E-state index in [0.29, 0.717) is 23.7 Å². The molecule has 1 heterocycles. The van der Waals surface area contributed by atoms with Crippen LogP contribution >= 0.6 is 0 Å². The zero-order chi connectivity index (χ0) is 16.8. The van der Waals surface area contributed by atoms with Crippen molar-refractivity contribution in [1.82, 2.24) is 15.6 Å². The summed E-state index contributed by atoms with van der Waals surface area (Å²) in [6.45, 7) is 1.32. The van der Waals surface area contributed by atoms with Crippen LogP contribution in [0.15, 0.2) is 35.1 Å². The Labute approximate surface area is 141 Å². The number of amides is 1. The molecule has 0 saturated heterocycles. The van der Waals surface area contributed by atoms with Gasteiger partial charge in [-0.2, -0.15) is 0 Å². The van der Waals surface area contributed by atoms with E-state index in [0.717, 1.165) is 11.9 Å². The molecule has 1 saturated carbocycles. The third-order valence-electron chi connectivity index (χ3n) is 4.70. The number of rotatable bonds is 5. The molecule has 0 atom stereocenters. The van der Waals surface area contributed by atoms with Crippen LogP contribution in [0.5, 0.6) is 0 Å². The Morgan fingerprint density at radius 3 is 2.62 bits per heavy atom. The topological polar surface area (TPSA) is 74.0 Å². The van der Waals surface area contributed by atoms with Crippen molar-refractivity contribution < 1.29 is 4.79 Å². The van der Waals surface area contributed by atoms with Gasteiger partial charge in [0, 0.05) is 24.5 Å². The summed E-state index contributed by atoms with van der Waals surface area (Å²) in [5.74, 6) is -0.236. The highest BCUT2D eigenvalue weighted by Crippen LogP contribution is 2.16. The SMILES string of the molecule is O=C(NCCNC1CCCCCC1)c1cc2ccccc2c(=O)[nH]1. The summed E-state index contributed by atoms with van der Waals surface area (Å²) < 4.78 is 0. The summed E-state index contributed by atoms with van der Waals surface area (Å²) in [6, 6.07) is 9.58. The third kappa shape index (κ3) is 4.23. The molecule has 24 heavy (non-hydrogen) atoms. The van der Waals surface area contributed by atoms with Crippen LogP contribution < -0.4 is 16.2 Å². The molecule has 3 rings (SSSR count). The molecule has 2 aromatic rings. The smallest absolute Gasteiger partial charge is 0.267 e. The van der Waals surface area contributed by atoms with Crippen molar-refractivity contribution in [3.8, 4) is 0 Å². The highest BCUT2D eigenvalue weighted by Gasteiger charge is 2.12. The molecule has 1 aromatic carbocycles. The number of aromatic nitrogens is 1. The van der Waals surface area contributed by atoms with Crippen molar-refractivity contribution in [2.24, 2.45) is 0 Å². The number of fused-ring (bicyclic) bond motifs is 1. The molecule has 1 aliphatic rings. The van der Waals surface area contributed by atoms with Gasteiger partial charge in [-0.3, -0.25) is 9.59 Å². The first-order chi connectivity index (χ1) is 11.7. The van der Waals surface area contributed by atoms with E-state index >= 15 is 0 Å². The standard InChI is InChI=1S/C19H25N3O2/c23-18-16-10-6-5-7-14(16)13-17(22-18)19(24)21-12-11-20-15-8-3-1-2-4-9-15/h5-7,10,13,15,20H,1-4,8-9,11-12H2,(H,21,24)(H,22,23). The number of pyridine rings is 1. The van der Waals surface area contributed by atoms with Gasteiger partial charge in [0.05, 0.1) is 0 Å². The van der Waals surface area contributed by atoms with E-state index in [1.54, 1.807) is 12.1 Å². The van der Waals surface area contributed by atoms with Crippen molar-refractivity contribution in [2.75, 3.05) is 13.1 Å². The van der Waals surface area contributed by atoms with E-state index in [4.69, 9.17) is 0 Å². The summed E-state index contributed by atoms with van der Waals surface area (Å²) in [6.07, 6.45) is 7.72. The normalized spacial score (nSPS) is 16.0. The lowest BCUT2D eigenvalue weighted by Crippen LogP contribution is -2.37. The van der Waals surface area contributed by atoms with Gasteiger partial charge in [0.15, 0.2) is 0 Å². The Bertz CT molecular complexity index is 746. The fourth-order valence-electron chi connectivity index (χ4n) is 3.36. The summed E-state index contributed by atoms with van der Waals surface area (Å²) in [4.78, 5) is 26.9. The maximum atomic E-state index is 12.2. The van der Waals surface area contributed by atoms with Crippen molar-refractivity contribution in [2.45, 2.75) is 44.6 Å². The predicted octanol–water partition coefficient (Wildman–Crippen LogP) is 2.57. The molecular formula is C19H25N3O2. The Morgan fingerprint density at radius 1 is 1.08 bits per heavy atom. The minimum atomic E-state index is -0.236. The lowest BCUT2D eigenvalue weighted by atomic mass is 10.1. The van der Waals surface area contributed by atoms with E-state index in [1.165, 1.54) is 38.5 Å². The largest absolute Gasteiger partial charge is 0.349 e. The number of H-pyrrole nitrogens is 1. The molecule has 1 amide bonds. The van der Waals surface area contributed by atoms with Crippen LogP contribution in [-0.4, -0.2) is 30.0 Å². The van der Waals surface area contributed by atoms with E-state index in [9.17, 15) is 9.59 Å². The molecule has 0 aliphatic heterocycles. The second kappa shape index (κ2) is 8.11. The van der Waals surface area contributed by atoms with Crippen LogP contribution in [0.4, 0.5) is 0 Å². The van der Waals surface area contributed by atoms with Gasteiger partial charge in [0.25, 0.3) is 11.5 Å². The first kappa shape index (κ1) is 16.7. The van der Waals surface area contributed by atoms with Crippen LogP contribution in [0.1, 0.15) is 49.0 Å². The average molecular weight is 327 g/mol. The Balaban J connectivity index is 1.52. The molecule has 1 aromatic heterocycles. The Hall–Kier alpha value is -2.14. The number of hydrogen-bond donors (Lipinski definition) is 3. The van der Waals surface area contributed by atoms with E-state index in [1.807, 2.05) is 18.2 Å². The fraction of sp³-hybridized carbons (Fsp3) is 0.474. The Morgan fingerprint density at radius 2 is 1.83 bits per heavy atom. The summed E-state index contributed by atoms with van der Waals surface area (Å²) >= 11 is 0. The van der Waals surface area contributed by atoms with Gasteiger partial charge in [-0.25, -0.2) is 0 Å². The monoisotopic (exact) mass is 327 g/mol. The van der Waals surface area contributed by atoms with Gasteiger partial charge in [0.1, 0.15) is 5.69 Å². The van der Waals surface area contributed by atoms with Crippen molar-refractivity contribution in [3.63, 3.8) is 0 Å². The second-order valence-electron chi connectivity index (χ2n) is 6.50. The maximum absolute atomic E-state index is 12.2. The molecule has 3 N–H and O–H groups in total. The van der Waals surface area contributed by atoms with Crippen molar-refractivity contribution in [3.05, 3.63) is 46.4 Å². The number of hydrogen-bond acceptors (Lipinski definition) is 3. The highest BCUT2D eigenvalue weighted by molar-refractivity contribution is 5.96. The van der Waals surface area contributed by atoms with Crippen molar-refractivity contribution >= 4 is 16.7 Å². The van der Waals surface area contributed by atoms with Crippen LogP contribution in [0, 0.1) is 0 Å². The van der Waals surface area contributed by atoms with Crippen LogP contribution in [0.2, 0.25) is 0 Å². The number of carbonyl (C=O) groups excluding carboxylic acids is 1. The van der Waals surface area contributed by atoms with Gasteiger partial charge in [-0.05, 0) is 30.4 Å². The predicted molar refractivity (Wildman–Crippen MR) is 96.4 cm³/mol. The Kier molecular flexibility index (Phi) is 5.64. The third-order valence-corrected chi connectivity index (χ3v) is 4.70. The minimum absolute atomic E-state index is 0.227. The van der Waals surface area contributed by atoms with Gasteiger partial charge >= 0.3 is 0 Å². The number of carbonyl (C=O) groups is 1. The lowest BCUT2D eigenvalue weighted by molar-refractivity contribution is 0.0948. The van der Waals surface area contributed by atoms with E-state index in [-0.39, 0.29) is 11.5 Å². The minimum Gasteiger partial charge on any atom is -0.349 e. The zero-order valence-electron chi connectivity index (χ0n) is 13.9. The number of nitrogens with one attached hydrogen (secondary N) is 3. The van der Waals surface area contributed by atoms with Crippen LogP contribution in [0.3, 0.4) is 0 Å². The van der Waals surface area contributed by atoms with Crippen LogP contribution in [-0.2, 0) is 0 Å². The quantitative estimate of drug-likeness (QED) is 0.584. The molecule has 0 radical (unpaired) electrons. The van der Waals surface area contributed by atoms with E-state index < -0.39 is 0 Å². The van der Waals surface area contributed by atoms with Gasteiger partial charge in [-0.15, -0.1) is 0 Å². The molecule has 5 heteroatoms. The second-order valence-corrected chi connectivity index (χ2v) is 6.50. The van der Waals surface area contributed by atoms with E-state index in [2.05, 4.69) is 15.6 Å². The highest BCUT2D eigenvalue weighted by atomic mass is 16.2. The van der Waals surface area contributed by atoms with Crippen molar-refractivity contribution in [1.29, 1.82) is 0 Å². The van der Waals surface area contributed by atoms with Gasteiger partial charge in [-0.1, -0.05) is 43.9 Å². The summed E-state index contributed by atoms with van der Waals surface area (Å²) in [7, 11) is 0. The summed E-state index contributed by atoms with van der Waals surface area (Å²) in [5, 5.41) is 7.78. The first-order valence-corrected chi connectivity index (χ1v) is 8.88. The summed E-state index contributed by atoms with van der Waals surface area (Å²) in [5.41, 5.74) is 0.0861. The first-order valence-electron chi connectivity index (χ1n) is 8.88. The molecule has 128 valence electrons.